The number of alkyl halides is 3. The maximum absolute atomic E-state index is 11.9. The third-order valence-electron chi connectivity index (χ3n) is 1.68. The zero-order chi connectivity index (χ0) is 8.48. The molecule has 0 aromatic rings. The summed E-state index contributed by atoms with van der Waals surface area (Å²) in [4.78, 5) is 0. The molecule has 12 heavy (non-hydrogen) atoms. The minimum absolute atomic E-state index is 0. The van der Waals surface area contributed by atoms with Gasteiger partial charge in [0.25, 0.3) is 0 Å². The van der Waals surface area contributed by atoms with Gasteiger partial charge >= 0.3 is 6.18 Å². The van der Waals surface area contributed by atoms with E-state index in [1.54, 1.807) is 0 Å². The summed E-state index contributed by atoms with van der Waals surface area (Å²) in [5.74, 6) is 0. The van der Waals surface area contributed by atoms with Gasteiger partial charge in [-0.05, 0) is 12.8 Å². The van der Waals surface area contributed by atoms with E-state index in [9.17, 15) is 13.2 Å². The SMILES string of the molecule is Cl.NC1CCC(C(F)(F)F)OC1. The summed E-state index contributed by atoms with van der Waals surface area (Å²) in [6.07, 6.45) is -5.43. The molecule has 1 fully saturated rings. The van der Waals surface area contributed by atoms with Crippen LogP contribution in [0.25, 0.3) is 0 Å². The average molecular weight is 206 g/mol. The second-order valence-corrected chi connectivity index (χ2v) is 2.70. The highest BCUT2D eigenvalue weighted by atomic mass is 35.5. The Morgan fingerprint density at radius 3 is 2.17 bits per heavy atom. The number of rotatable bonds is 0. The number of hydrogen-bond donors (Lipinski definition) is 1. The predicted molar refractivity (Wildman–Crippen MR) is 40.3 cm³/mol. The first-order chi connectivity index (χ1) is 5.00. The number of nitrogens with two attached hydrogens (primary N) is 1. The molecule has 0 bridgehead atoms. The molecule has 1 saturated heterocycles. The lowest BCUT2D eigenvalue weighted by atomic mass is 10.1. The van der Waals surface area contributed by atoms with E-state index in [1.807, 2.05) is 0 Å². The number of hydrogen-bond acceptors (Lipinski definition) is 2. The molecule has 0 aromatic carbocycles. The van der Waals surface area contributed by atoms with Crippen LogP contribution in [0.3, 0.4) is 0 Å². The van der Waals surface area contributed by atoms with Gasteiger partial charge in [0.2, 0.25) is 0 Å². The van der Waals surface area contributed by atoms with Crippen LogP contribution in [0, 0.1) is 0 Å². The molecule has 2 atom stereocenters. The molecule has 0 amide bonds. The molecule has 1 heterocycles. The average Bonchev–Trinajstić information content (AvgIpc) is 1.86. The maximum Gasteiger partial charge on any atom is 0.414 e. The first-order valence-electron chi connectivity index (χ1n) is 3.44. The summed E-state index contributed by atoms with van der Waals surface area (Å²) in [5, 5.41) is 0. The summed E-state index contributed by atoms with van der Waals surface area (Å²) in [5.41, 5.74) is 5.35. The maximum atomic E-state index is 11.9. The van der Waals surface area contributed by atoms with Crippen LogP contribution in [0.2, 0.25) is 0 Å². The topological polar surface area (TPSA) is 35.2 Å². The van der Waals surface area contributed by atoms with E-state index in [2.05, 4.69) is 4.74 Å². The molecule has 0 spiro atoms. The van der Waals surface area contributed by atoms with Gasteiger partial charge in [-0.15, -0.1) is 12.4 Å². The minimum atomic E-state index is -4.22. The Hall–Kier alpha value is -0.0000000000000000486. The van der Waals surface area contributed by atoms with Crippen molar-refractivity contribution in [3.63, 3.8) is 0 Å². The van der Waals surface area contributed by atoms with Crippen molar-refractivity contribution >= 4 is 12.4 Å². The lowest BCUT2D eigenvalue weighted by molar-refractivity contribution is -0.231. The van der Waals surface area contributed by atoms with Crippen LogP contribution in [0.4, 0.5) is 13.2 Å². The second-order valence-electron chi connectivity index (χ2n) is 2.70. The summed E-state index contributed by atoms with van der Waals surface area (Å²) in [7, 11) is 0. The van der Waals surface area contributed by atoms with Crippen LogP contribution < -0.4 is 5.73 Å². The first kappa shape index (κ1) is 12.0. The van der Waals surface area contributed by atoms with Gasteiger partial charge in [0, 0.05) is 6.04 Å². The summed E-state index contributed by atoms with van der Waals surface area (Å²) < 4.78 is 40.2. The fourth-order valence-corrected chi connectivity index (χ4v) is 1.03. The van der Waals surface area contributed by atoms with Gasteiger partial charge in [-0.25, -0.2) is 0 Å². The van der Waals surface area contributed by atoms with Crippen molar-refractivity contribution in [3.8, 4) is 0 Å². The van der Waals surface area contributed by atoms with Crippen LogP contribution in [-0.2, 0) is 4.74 Å². The molecule has 1 rings (SSSR count). The van der Waals surface area contributed by atoms with Gasteiger partial charge in [0.05, 0.1) is 6.61 Å². The van der Waals surface area contributed by atoms with Gasteiger partial charge in [-0.3, -0.25) is 0 Å². The molecule has 0 aromatic heterocycles. The van der Waals surface area contributed by atoms with Crippen molar-refractivity contribution in [2.45, 2.75) is 31.2 Å². The van der Waals surface area contributed by atoms with E-state index in [0.29, 0.717) is 6.42 Å². The van der Waals surface area contributed by atoms with Crippen LogP contribution >= 0.6 is 12.4 Å². The molecule has 6 heteroatoms. The van der Waals surface area contributed by atoms with Gasteiger partial charge in [-0.1, -0.05) is 0 Å². The summed E-state index contributed by atoms with van der Waals surface area (Å²) in [6, 6.07) is -0.228. The third kappa shape index (κ3) is 3.16. The molecule has 2 unspecified atom stereocenters. The van der Waals surface area contributed by atoms with Gasteiger partial charge in [-0.2, -0.15) is 13.2 Å². The summed E-state index contributed by atoms with van der Waals surface area (Å²) in [6.45, 7) is 0.0180. The third-order valence-corrected chi connectivity index (χ3v) is 1.68. The van der Waals surface area contributed by atoms with Crippen molar-refractivity contribution in [2.24, 2.45) is 5.73 Å². The minimum Gasteiger partial charge on any atom is -0.367 e. The van der Waals surface area contributed by atoms with Crippen molar-refractivity contribution < 1.29 is 17.9 Å². The fraction of sp³-hybridized carbons (Fsp3) is 1.00. The standard InChI is InChI=1S/C6H10F3NO.ClH/c7-6(8,9)5-2-1-4(10)3-11-5;/h4-5H,1-3,10H2;1H. The van der Waals surface area contributed by atoms with E-state index < -0.39 is 12.3 Å². The molecule has 0 radical (unpaired) electrons. The first-order valence-corrected chi connectivity index (χ1v) is 3.44. The Kier molecular flexibility index (Phi) is 4.30. The molecule has 0 aliphatic carbocycles. The van der Waals surface area contributed by atoms with Crippen molar-refractivity contribution in [2.75, 3.05) is 6.61 Å². The van der Waals surface area contributed by atoms with Crippen LogP contribution in [0.15, 0.2) is 0 Å². The van der Waals surface area contributed by atoms with E-state index in [0.717, 1.165) is 0 Å². The van der Waals surface area contributed by atoms with Gasteiger partial charge in [0.15, 0.2) is 6.10 Å². The molecular formula is C6H11ClF3NO. The highest BCUT2D eigenvalue weighted by molar-refractivity contribution is 5.85. The molecule has 2 N–H and O–H groups in total. The molecule has 1 aliphatic rings. The normalized spacial score (nSPS) is 31.0. The number of ether oxygens (including phenoxy) is 1. The molecule has 1 aliphatic heterocycles. The molecular weight excluding hydrogens is 195 g/mol. The second kappa shape index (κ2) is 4.30. The van der Waals surface area contributed by atoms with E-state index in [4.69, 9.17) is 5.73 Å². The Morgan fingerprint density at radius 2 is 1.83 bits per heavy atom. The highest BCUT2D eigenvalue weighted by Gasteiger charge is 2.42. The van der Waals surface area contributed by atoms with Crippen molar-refractivity contribution in [1.29, 1.82) is 0 Å². The van der Waals surface area contributed by atoms with Crippen molar-refractivity contribution in [3.05, 3.63) is 0 Å². The Labute approximate surface area is 74.7 Å². The summed E-state index contributed by atoms with van der Waals surface area (Å²) >= 11 is 0. The Morgan fingerprint density at radius 1 is 1.25 bits per heavy atom. The van der Waals surface area contributed by atoms with Gasteiger partial charge < -0.3 is 10.5 Å². The van der Waals surface area contributed by atoms with E-state index in [1.165, 1.54) is 0 Å². The monoisotopic (exact) mass is 205 g/mol. The quantitative estimate of drug-likeness (QED) is 0.650. The fourth-order valence-electron chi connectivity index (χ4n) is 1.03. The lowest BCUT2D eigenvalue weighted by Gasteiger charge is -2.28. The van der Waals surface area contributed by atoms with Crippen LogP contribution in [0.1, 0.15) is 12.8 Å². The van der Waals surface area contributed by atoms with Gasteiger partial charge in [0.1, 0.15) is 0 Å². The Bertz CT molecular complexity index is 133. The van der Waals surface area contributed by atoms with E-state index >= 15 is 0 Å². The number of halogens is 4. The predicted octanol–water partition coefficient (Wildman–Crippen LogP) is 1.48. The zero-order valence-electron chi connectivity index (χ0n) is 6.30. The molecule has 0 saturated carbocycles. The van der Waals surface area contributed by atoms with Crippen LogP contribution in [0.5, 0.6) is 0 Å². The zero-order valence-corrected chi connectivity index (χ0v) is 7.12. The van der Waals surface area contributed by atoms with E-state index in [-0.39, 0.29) is 31.5 Å². The largest absolute Gasteiger partial charge is 0.414 e. The van der Waals surface area contributed by atoms with Crippen molar-refractivity contribution in [1.82, 2.24) is 0 Å². The molecule has 2 nitrogen and oxygen atoms in total. The smallest absolute Gasteiger partial charge is 0.367 e. The Balaban J connectivity index is 0.00000121. The molecule has 74 valence electrons. The lowest BCUT2D eigenvalue weighted by Crippen LogP contribution is -2.42. The highest BCUT2D eigenvalue weighted by Crippen LogP contribution is 2.28. The van der Waals surface area contributed by atoms with Crippen LogP contribution in [-0.4, -0.2) is 24.9 Å².